The Bertz CT molecular complexity index is 145. The first-order valence-corrected chi connectivity index (χ1v) is 5.96. The molecule has 0 aliphatic carbocycles. The lowest BCUT2D eigenvalue weighted by Gasteiger charge is -1.90. The van der Waals surface area contributed by atoms with Crippen molar-refractivity contribution in [1.82, 2.24) is 0 Å². The van der Waals surface area contributed by atoms with E-state index < -0.39 is 0 Å². The lowest BCUT2D eigenvalue weighted by Crippen LogP contribution is -1.68. The third kappa shape index (κ3) is 5.33. The summed E-state index contributed by atoms with van der Waals surface area (Å²) in [5.41, 5.74) is 0. The zero-order chi connectivity index (χ0) is 8.53. The summed E-state index contributed by atoms with van der Waals surface area (Å²) < 4.78 is 1.44. The van der Waals surface area contributed by atoms with Crippen LogP contribution >= 0.6 is 23.1 Å². The van der Waals surface area contributed by atoms with Gasteiger partial charge in [0.1, 0.15) is 0 Å². The van der Waals surface area contributed by atoms with E-state index in [0.717, 1.165) is 0 Å². The molecular formula is C9H16S2. The predicted molar refractivity (Wildman–Crippen MR) is 56.7 cm³/mol. The third-order valence-electron chi connectivity index (χ3n) is 0.944. The maximum atomic E-state index is 2.21. The van der Waals surface area contributed by atoms with E-state index in [9.17, 15) is 0 Å². The molecule has 1 aromatic rings. The van der Waals surface area contributed by atoms with Gasteiger partial charge < -0.3 is 0 Å². The molecule has 0 saturated heterocycles. The molecule has 0 aliphatic heterocycles. The molecule has 0 saturated carbocycles. The minimum Gasteiger partial charge on any atom is -0.137 e. The minimum atomic E-state index is 1.25. The highest BCUT2D eigenvalue weighted by atomic mass is 32.2. The molecule has 64 valence electrons. The van der Waals surface area contributed by atoms with E-state index in [0.29, 0.717) is 0 Å². The number of thiophene rings is 1. The molecule has 0 amide bonds. The van der Waals surface area contributed by atoms with Crippen molar-refractivity contribution >= 4 is 23.1 Å². The van der Waals surface area contributed by atoms with Crippen LogP contribution in [-0.2, 0) is 0 Å². The molecule has 0 aliphatic rings. The van der Waals surface area contributed by atoms with Crippen LogP contribution in [0.3, 0.4) is 0 Å². The van der Waals surface area contributed by atoms with Crippen LogP contribution in [0.15, 0.2) is 21.7 Å². The quantitative estimate of drug-likeness (QED) is 0.638. The third-order valence-corrected chi connectivity index (χ3v) is 3.28. The molecule has 11 heavy (non-hydrogen) atoms. The largest absolute Gasteiger partial charge is 0.137 e. The minimum absolute atomic E-state index is 1.25. The average molecular weight is 188 g/mol. The SMILES string of the molecule is CC.CCCSc1cccs1. The van der Waals surface area contributed by atoms with Crippen LogP contribution in [0.2, 0.25) is 0 Å². The van der Waals surface area contributed by atoms with Crippen LogP contribution in [0.25, 0.3) is 0 Å². The number of hydrogen-bond donors (Lipinski definition) is 0. The first kappa shape index (κ1) is 11.1. The summed E-state index contributed by atoms with van der Waals surface area (Å²) in [6.45, 7) is 6.21. The fraction of sp³-hybridized carbons (Fsp3) is 0.556. The van der Waals surface area contributed by atoms with Crippen molar-refractivity contribution in [1.29, 1.82) is 0 Å². The van der Waals surface area contributed by atoms with Crippen molar-refractivity contribution in [3.8, 4) is 0 Å². The molecule has 0 radical (unpaired) electrons. The zero-order valence-corrected chi connectivity index (χ0v) is 9.10. The molecule has 1 heterocycles. The fourth-order valence-electron chi connectivity index (χ4n) is 0.548. The standard InChI is InChI=1S/C7H10S2.C2H6/c1-2-5-8-7-4-3-6-9-7;1-2/h3-4,6H,2,5H2,1H3;1-2H3. The van der Waals surface area contributed by atoms with Gasteiger partial charge in [-0.2, -0.15) is 0 Å². The Morgan fingerprint density at radius 1 is 1.45 bits per heavy atom. The molecule has 0 aromatic carbocycles. The van der Waals surface area contributed by atoms with E-state index in [2.05, 4.69) is 24.4 Å². The Labute approximate surface area is 78.0 Å². The summed E-state index contributed by atoms with van der Waals surface area (Å²) in [5, 5.41) is 2.12. The van der Waals surface area contributed by atoms with Crippen molar-refractivity contribution in [2.45, 2.75) is 31.4 Å². The van der Waals surface area contributed by atoms with Crippen LogP contribution in [0, 0.1) is 0 Å². The molecule has 0 atom stereocenters. The first-order chi connectivity index (χ1) is 5.43. The summed E-state index contributed by atoms with van der Waals surface area (Å²) in [6.07, 6.45) is 1.27. The van der Waals surface area contributed by atoms with E-state index in [4.69, 9.17) is 0 Å². The van der Waals surface area contributed by atoms with Crippen molar-refractivity contribution in [3.05, 3.63) is 17.5 Å². The molecular weight excluding hydrogens is 172 g/mol. The summed E-state index contributed by atoms with van der Waals surface area (Å²) in [7, 11) is 0. The summed E-state index contributed by atoms with van der Waals surface area (Å²) >= 11 is 3.77. The van der Waals surface area contributed by atoms with E-state index >= 15 is 0 Å². The number of hydrogen-bond acceptors (Lipinski definition) is 2. The van der Waals surface area contributed by atoms with Crippen LogP contribution in [0.1, 0.15) is 27.2 Å². The predicted octanol–water partition coefficient (Wildman–Crippen LogP) is 4.28. The zero-order valence-electron chi connectivity index (χ0n) is 7.46. The Kier molecular flexibility index (Phi) is 8.19. The summed E-state index contributed by atoms with van der Waals surface area (Å²) in [6, 6.07) is 4.27. The van der Waals surface area contributed by atoms with Crippen molar-refractivity contribution < 1.29 is 0 Å². The molecule has 0 nitrogen and oxygen atoms in total. The van der Waals surface area contributed by atoms with Crippen LogP contribution in [0.4, 0.5) is 0 Å². The van der Waals surface area contributed by atoms with Gasteiger partial charge in [0.2, 0.25) is 0 Å². The Balaban J connectivity index is 0.000000461. The normalized spacial score (nSPS) is 8.64. The fourth-order valence-corrected chi connectivity index (χ4v) is 2.27. The Morgan fingerprint density at radius 3 is 2.64 bits per heavy atom. The van der Waals surface area contributed by atoms with Crippen molar-refractivity contribution in [2.75, 3.05) is 5.75 Å². The highest BCUT2D eigenvalue weighted by Gasteiger charge is 1.89. The Hall–Kier alpha value is 0.0500. The molecule has 2 heteroatoms. The molecule has 0 bridgehead atoms. The summed E-state index contributed by atoms with van der Waals surface area (Å²) in [5.74, 6) is 1.25. The monoisotopic (exact) mass is 188 g/mol. The van der Waals surface area contributed by atoms with Gasteiger partial charge in [-0.05, 0) is 23.6 Å². The molecule has 1 rings (SSSR count). The number of thioether (sulfide) groups is 1. The maximum absolute atomic E-state index is 2.21. The molecule has 0 spiro atoms. The van der Waals surface area contributed by atoms with E-state index in [1.165, 1.54) is 16.4 Å². The lowest BCUT2D eigenvalue weighted by molar-refractivity contribution is 1.11. The van der Waals surface area contributed by atoms with E-state index in [-0.39, 0.29) is 0 Å². The number of rotatable bonds is 3. The van der Waals surface area contributed by atoms with Crippen LogP contribution < -0.4 is 0 Å². The second kappa shape index (κ2) is 8.15. The van der Waals surface area contributed by atoms with Gasteiger partial charge >= 0.3 is 0 Å². The van der Waals surface area contributed by atoms with Gasteiger partial charge in [0.15, 0.2) is 0 Å². The average Bonchev–Trinajstić information content (AvgIpc) is 2.57. The first-order valence-electron chi connectivity index (χ1n) is 4.10. The second-order valence-electron chi connectivity index (χ2n) is 1.78. The van der Waals surface area contributed by atoms with Gasteiger partial charge in [-0.25, -0.2) is 0 Å². The van der Waals surface area contributed by atoms with Gasteiger partial charge in [0.25, 0.3) is 0 Å². The Morgan fingerprint density at radius 2 is 2.18 bits per heavy atom. The van der Waals surface area contributed by atoms with Gasteiger partial charge in [0, 0.05) is 0 Å². The van der Waals surface area contributed by atoms with Crippen LogP contribution in [0.5, 0.6) is 0 Å². The summed E-state index contributed by atoms with van der Waals surface area (Å²) in [4.78, 5) is 0. The van der Waals surface area contributed by atoms with Gasteiger partial charge in [-0.3, -0.25) is 0 Å². The highest BCUT2D eigenvalue weighted by molar-refractivity contribution is 8.01. The van der Waals surface area contributed by atoms with Crippen molar-refractivity contribution in [3.63, 3.8) is 0 Å². The topological polar surface area (TPSA) is 0 Å². The van der Waals surface area contributed by atoms with Gasteiger partial charge in [0.05, 0.1) is 4.21 Å². The molecule has 0 N–H and O–H groups in total. The van der Waals surface area contributed by atoms with E-state index in [1.54, 1.807) is 0 Å². The molecule has 0 unspecified atom stereocenters. The molecule has 0 fully saturated rings. The van der Waals surface area contributed by atoms with Crippen LogP contribution in [-0.4, -0.2) is 5.75 Å². The van der Waals surface area contributed by atoms with Gasteiger partial charge in [-0.1, -0.05) is 26.8 Å². The highest BCUT2D eigenvalue weighted by Crippen LogP contribution is 2.23. The van der Waals surface area contributed by atoms with E-state index in [1.807, 2.05) is 36.9 Å². The smallest absolute Gasteiger partial charge is 0.0598 e. The maximum Gasteiger partial charge on any atom is 0.0598 e. The lowest BCUT2D eigenvalue weighted by atomic mass is 10.6. The molecule has 1 aromatic heterocycles. The van der Waals surface area contributed by atoms with Crippen molar-refractivity contribution in [2.24, 2.45) is 0 Å². The van der Waals surface area contributed by atoms with Gasteiger partial charge in [-0.15, -0.1) is 23.1 Å². The second-order valence-corrected chi connectivity index (χ2v) is 4.12.